The third-order valence-electron chi connectivity index (χ3n) is 2.07. The van der Waals surface area contributed by atoms with E-state index in [-0.39, 0.29) is 12.1 Å². The first-order chi connectivity index (χ1) is 6.24. The van der Waals surface area contributed by atoms with Crippen LogP contribution in [0.1, 0.15) is 26.7 Å². The Labute approximate surface area is 78.7 Å². The van der Waals surface area contributed by atoms with E-state index in [0.29, 0.717) is 6.61 Å². The molecule has 74 valence electrons. The van der Waals surface area contributed by atoms with E-state index in [0.717, 1.165) is 25.0 Å². The van der Waals surface area contributed by atoms with E-state index >= 15 is 0 Å². The largest absolute Gasteiger partial charge is 0.463 e. The smallest absolute Gasteiger partial charge is 0.330 e. The zero-order chi connectivity index (χ0) is 9.68. The summed E-state index contributed by atoms with van der Waals surface area (Å²) < 4.78 is 10.2. The molecule has 1 aliphatic heterocycles. The average molecular weight is 184 g/mol. The zero-order valence-corrected chi connectivity index (χ0v) is 8.21. The molecule has 3 nitrogen and oxygen atoms in total. The van der Waals surface area contributed by atoms with Gasteiger partial charge in [-0.1, -0.05) is 0 Å². The van der Waals surface area contributed by atoms with Crippen molar-refractivity contribution in [2.24, 2.45) is 0 Å². The van der Waals surface area contributed by atoms with Crippen molar-refractivity contribution in [1.82, 2.24) is 0 Å². The Balaban J connectivity index is 2.44. The van der Waals surface area contributed by atoms with Crippen LogP contribution in [0.5, 0.6) is 0 Å². The summed E-state index contributed by atoms with van der Waals surface area (Å²) in [5, 5.41) is 0. The number of esters is 1. The van der Waals surface area contributed by atoms with Crippen molar-refractivity contribution in [3.05, 3.63) is 11.6 Å². The first kappa shape index (κ1) is 10.3. The van der Waals surface area contributed by atoms with Gasteiger partial charge in [-0.2, -0.15) is 0 Å². The maximum atomic E-state index is 11.1. The Morgan fingerprint density at radius 3 is 3.00 bits per heavy atom. The molecule has 1 unspecified atom stereocenters. The number of carbonyl (C=O) groups is 1. The van der Waals surface area contributed by atoms with Gasteiger partial charge in [-0.05, 0) is 32.3 Å². The molecule has 0 aliphatic carbocycles. The van der Waals surface area contributed by atoms with Crippen LogP contribution in [0, 0.1) is 0 Å². The lowest BCUT2D eigenvalue weighted by molar-refractivity contribution is -0.137. The first-order valence-electron chi connectivity index (χ1n) is 4.70. The molecule has 1 atom stereocenters. The quantitative estimate of drug-likeness (QED) is 0.494. The number of hydrogen-bond donors (Lipinski definition) is 0. The van der Waals surface area contributed by atoms with Gasteiger partial charge in [0.2, 0.25) is 0 Å². The molecular weight excluding hydrogens is 168 g/mol. The monoisotopic (exact) mass is 184 g/mol. The maximum absolute atomic E-state index is 11.1. The van der Waals surface area contributed by atoms with Gasteiger partial charge in [0.15, 0.2) is 0 Å². The molecule has 0 amide bonds. The van der Waals surface area contributed by atoms with E-state index in [9.17, 15) is 4.79 Å². The molecule has 0 spiro atoms. The first-order valence-corrected chi connectivity index (χ1v) is 4.70. The molecule has 0 N–H and O–H groups in total. The average Bonchev–Trinajstić information content (AvgIpc) is 2.55. The summed E-state index contributed by atoms with van der Waals surface area (Å²) in [7, 11) is 0. The Morgan fingerprint density at radius 2 is 2.46 bits per heavy atom. The Hall–Kier alpha value is -0.830. The standard InChI is InChI=1S/C10H16O3/c1-3-12-10(11)7-8(2)9-5-4-6-13-9/h7,9H,3-6H2,1-2H3/b8-7+. The lowest BCUT2D eigenvalue weighted by Crippen LogP contribution is -2.09. The molecule has 0 aromatic heterocycles. The summed E-state index contributed by atoms with van der Waals surface area (Å²) in [4.78, 5) is 11.1. The van der Waals surface area contributed by atoms with Crippen molar-refractivity contribution in [1.29, 1.82) is 0 Å². The second-order valence-electron chi connectivity index (χ2n) is 3.14. The second kappa shape index (κ2) is 5.02. The van der Waals surface area contributed by atoms with Gasteiger partial charge in [-0.25, -0.2) is 4.79 Å². The highest BCUT2D eigenvalue weighted by Gasteiger charge is 2.17. The zero-order valence-electron chi connectivity index (χ0n) is 8.21. The van der Waals surface area contributed by atoms with Crippen LogP contribution in [0.3, 0.4) is 0 Å². The van der Waals surface area contributed by atoms with Crippen LogP contribution >= 0.6 is 0 Å². The normalized spacial score (nSPS) is 23.2. The minimum Gasteiger partial charge on any atom is -0.463 e. The van der Waals surface area contributed by atoms with Crippen molar-refractivity contribution >= 4 is 5.97 Å². The highest BCUT2D eigenvalue weighted by Crippen LogP contribution is 2.19. The summed E-state index contributed by atoms with van der Waals surface area (Å²) >= 11 is 0. The fourth-order valence-corrected chi connectivity index (χ4v) is 1.40. The van der Waals surface area contributed by atoms with Crippen LogP contribution in [-0.2, 0) is 14.3 Å². The van der Waals surface area contributed by atoms with E-state index < -0.39 is 0 Å². The predicted octanol–water partition coefficient (Wildman–Crippen LogP) is 1.67. The number of hydrogen-bond acceptors (Lipinski definition) is 3. The second-order valence-corrected chi connectivity index (χ2v) is 3.14. The SMILES string of the molecule is CCOC(=O)/C=C(\C)C1CCCO1. The summed E-state index contributed by atoms with van der Waals surface area (Å²) in [5.74, 6) is -0.268. The number of rotatable bonds is 3. The third-order valence-corrected chi connectivity index (χ3v) is 2.07. The van der Waals surface area contributed by atoms with E-state index in [1.54, 1.807) is 6.92 Å². The molecule has 13 heavy (non-hydrogen) atoms. The van der Waals surface area contributed by atoms with E-state index in [1.807, 2.05) is 6.92 Å². The van der Waals surface area contributed by atoms with Crippen LogP contribution in [0.25, 0.3) is 0 Å². The maximum Gasteiger partial charge on any atom is 0.330 e. The molecule has 0 aromatic carbocycles. The fourth-order valence-electron chi connectivity index (χ4n) is 1.40. The van der Waals surface area contributed by atoms with Crippen LogP contribution in [-0.4, -0.2) is 25.3 Å². The molecule has 1 rings (SSSR count). The Bertz CT molecular complexity index is 202. The highest BCUT2D eigenvalue weighted by atomic mass is 16.5. The molecule has 3 heteroatoms. The summed E-state index contributed by atoms with van der Waals surface area (Å²) in [6, 6.07) is 0. The Kier molecular flexibility index (Phi) is 3.96. The number of ether oxygens (including phenoxy) is 2. The van der Waals surface area contributed by atoms with Crippen LogP contribution in [0.2, 0.25) is 0 Å². The molecule has 0 aromatic rings. The lowest BCUT2D eigenvalue weighted by atomic mass is 10.1. The van der Waals surface area contributed by atoms with Gasteiger partial charge in [0.1, 0.15) is 0 Å². The lowest BCUT2D eigenvalue weighted by Gasteiger charge is -2.08. The highest BCUT2D eigenvalue weighted by molar-refractivity contribution is 5.82. The van der Waals surface area contributed by atoms with Crippen LogP contribution in [0.15, 0.2) is 11.6 Å². The number of carbonyl (C=O) groups excluding carboxylic acids is 1. The van der Waals surface area contributed by atoms with Gasteiger partial charge < -0.3 is 9.47 Å². The van der Waals surface area contributed by atoms with E-state index in [2.05, 4.69) is 0 Å². The Morgan fingerprint density at radius 1 is 1.69 bits per heavy atom. The summed E-state index contributed by atoms with van der Waals surface area (Å²) in [6.45, 7) is 4.94. The molecule has 1 fully saturated rings. The van der Waals surface area contributed by atoms with Gasteiger partial charge in [-0.15, -0.1) is 0 Å². The van der Waals surface area contributed by atoms with Crippen molar-refractivity contribution in [3.8, 4) is 0 Å². The van der Waals surface area contributed by atoms with Crippen molar-refractivity contribution < 1.29 is 14.3 Å². The van der Waals surface area contributed by atoms with Crippen molar-refractivity contribution in [2.75, 3.05) is 13.2 Å². The van der Waals surface area contributed by atoms with E-state index in [4.69, 9.17) is 9.47 Å². The fraction of sp³-hybridized carbons (Fsp3) is 0.700. The molecule has 1 heterocycles. The molecular formula is C10H16O3. The van der Waals surface area contributed by atoms with E-state index in [1.165, 1.54) is 6.08 Å². The van der Waals surface area contributed by atoms with Crippen LogP contribution < -0.4 is 0 Å². The molecule has 0 saturated carbocycles. The minimum atomic E-state index is -0.268. The molecule has 0 bridgehead atoms. The van der Waals surface area contributed by atoms with Gasteiger partial charge in [0.25, 0.3) is 0 Å². The summed E-state index contributed by atoms with van der Waals surface area (Å²) in [6.07, 6.45) is 3.75. The molecule has 1 aliphatic rings. The van der Waals surface area contributed by atoms with Gasteiger partial charge in [-0.3, -0.25) is 0 Å². The van der Waals surface area contributed by atoms with Crippen molar-refractivity contribution in [2.45, 2.75) is 32.8 Å². The van der Waals surface area contributed by atoms with Gasteiger partial charge in [0, 0.05) is 12.7 Å². The van der Waals surface area contributed by atoms with Crippen LogP contribution in [0.4, 0.5) is 0 Å². The predicted molar refractivity (Wildman–Crippen MR) is 49.4 cm³/mol. The van der Waals surface area contributed by atoms with Gasteiger partial charge in [0.05, 0.1) is 12.7 Å². The molecule has 0 radical (unpaired) electrons. The minimum absolute atomic E-state index is 0.129. The molecule has 1 saturated heterocycles. The van der Waals surface area contributed by atoms with Crippen molar-refractivity contribution in [3.63, 3.8) is 0 Å². The topological polar surface area (TPSA) is 35.5 Å². The summed E-state index contributed by atoms with van der Waals surface area (Å²) in [5.41, 5.74) is 0.968. The third kappa shape index (κ3) is 3.19. The van der Waals surface area contributed by atoms with Gasteiger partial charge >= 0.3 is 5.97 Å².